The quantitative estimate of drug-likeness (QED) is 0.732. The number of hydrogen-bond donors (Lipinski definition) is 2. The first kappa shape index (κ1) is 17.2. The molecule has 0 saturated heterocycles. The zero-order valence-electron chi connectivity index (χ0n) is 14.0. The summed E-state index contributed by atoms with van der Waals surface area (Å²) in [5.41, 5.74) is 2.18. The van der Waals surface area contributed by atoms with Gasteiger partial charge in [-0.05, 0) is 30.0 Å². The van der Waals surface area contributed by atoms with E-state index in [0.717, 1.165) is 24.1 Å². The van der Waals surface area contributed by atoms with Crippen LogP contribution in [0.5, 0.6) is 0 Å². The lowest BCUT2D eigenvalue weighted by Crippen LogP contribution is -2.37. The van der Waals surface area contributed by atoms with Gasteiger partial charge in [-0.2, -0.15) is 0 Å². The molecule has 0 heterocycles. The zero-order valence-corrected chi connectivity index (χ0v) is 14.0. The second-order valence-corrected chi connectivity index (χ2v) is 6.18. The molecule has 0 aromatic heterocycles. The van der Waals surface area contributed by atoms with E-state index in [2.05, 4.69) is 24.5 Å². The maximum atomic E-state index is 12.3. The fraction of sp³-hybridized carbons (Fsp3) is 0.350. The van der Waals surface area contributed by atoms with Crippen LogP contribution < -0.4 is 10.6 Å². The molecular weight excluding hydrogens is 284 g/mol. The molecule has 3 heteroatoms. The van der Waals surface area contributed by atoms with Crippen LogP contribution in [0.2, 0.25) is 0 Å². The molecule has 0 radical (unpaired) electrons. The Labute approximate surface area is 139 Å². The number of amides is 1. The van der Waals surface area contributed by atoms with Crippen molar-refractivity contribution in [2.24, 2.45) is 5.92 Å². The first-order chi connectivity index (χ1) is 11.2. The molecule has 0 saturated carbocycles. The Bertz CT molecular complexity index is 542. The summed E-state index contributed by atoms with van der Waals surface area (Å²) in [6.07, 6.45) is 1.08. The average Bonchev–Trinajstić information content (AvgIpc) is 2.58. The van der Waals surface area contributed by atoms with Crippen molar-refractivity contribution >= 4 is 5.91 Å². The summed E-state index contributed by atoms with van der Waals surface area (Å²) in [5, 5.41) is 6.35. The van der Waals surface area contributed by atoms with Crippen LogP contribution in [0.4, 0.5) is 0 Å². The van der Waals surface area contributed by atoms with E-state index < -0.39 is 0 Å². The summed E-state index contributed by atoms with van der Waals surface area (Å²) < 4.78 is 0. The van der Waals surface area contributed by atoms with E-state index in [0.29, 0.717) is 12.5 Å². The van der Waals surface area contributed by atoms with Crippen molar-refractivity contribution in [1.29, 1.82) is 0 Å². The van der Waals surface area contributed by atoms with Crippen molar-refractivity contribution in [3.63, 3.8) is 0 Å². The normalized spacial score (nSPS) is 11.0. The number of hydrogen-bond acceptors (Lipinski definition) is 2. The molecule has 3 nitrogen and oxygen atoms in total. The maximum absolute atomic E-state index is 12.3. The smallest absolute Gasteiger partial charge is 0.234 e. The van der Waals surface area contributed by atoms with Gasteiger partial charge in [-0.3, -0.25) is 4.79 Å². The van der Waals surface area contributed by atoms with Gasteiger partial charge in [0.25, 0.3) is 0 Å². The van der Waals surface area contributed by atoms with Crippen LogP contribution in [0.15, 0.2) is 60.7 Å². The summed E-state index contributed by atoms with van der Waals surface area (Å²) in [4.78, 5) is 12.3. The number of rotatable bonds is 8. The molecule has 2 rings (SSSR count). The molecule has 122 valence electrons. The van der Waals surface area contributed by atoms with Crippen LogP contribution in [-0.4, -0.2) is 19.0 Å². The first-order valence-electron chi connectivity index (χ1n) is 8.27. The van der Waals surface area contributed by atoms with Gasteiger partial charge >= 0.3 is 0 Å². The molecule has 1 amide bonds. The number of carbonyl (C=O) groups is 1. The van der Waals surface area contributed by atoms with Crippen LogP contribution in [0, 0.1) is 5.92 Å². The highest BCUT2D eigenvalue weighted by molar-refractivity contribution is 5.79. The van der Waals surface area contributed by atoms with Gasteiger partial charge in [0, 0.05) is 0 Å². The van der Waals surface area contributed by atoms with Crippen molar-refractivity contribution in [3.05, 3.63) is 71.8 Å². The maximum Gasteiger partial charge on any atom is 0.234 e. The predicted octanol–water partition coefficient (Wildman–Crippen LogP) is 3.53. The van der Waals surface area contributed by atoms with Gasteiger partial charge in [0.1, 0.15) is 0 Å². The second kappa shape index (κ2) is 9.11. The highest BCUT2D eigenvalue weighted by atomic mass is 16.1. The standard InChI is InChI=1S/C20H26N2O/c1-16(2)13-14-21-15-19(23)22-20(17-9-5-3-6-10-17)18-11-7-4-8-12-18/h3-12,16,20-21H,13-15H2,1-2H3,(H,22,23). The minimum Gasteiger partial charge on any atom is -0.344 e. The van der Waals surface area contributed by atoms with Crippen molar-refractivity contribution < 1.29 is 4.79 Å². The Morgan fingerprint density at radius 3 is 1.91 bits per heavy atom. The van der Waals surface area contributed by atoms with E-state index in [1.807, 2.05) is 60.7 Å². The molecule has 0 aliphatic heterocycles. The molecule has 0 unspecified atom stereocenters. The Morgan fingerprint density at radius 1 is 0.913 bits per heavy atom. The average molecular weight is 310 g/mol. The third kappa shape index (κ3) is 5.87. The fourth-order valence-electron chi connectivity index (χ4n) is 2.45. The third-order valence-electron chi connectivity index (χ3n) is 3.76. The van der Waals surface area contributed by atoms with Crippen LogP contribution in [0.3, 0.4) is 0 Å². The lowest BCUT2D eigenvalue weighted by atomic mass is 9.99. The van der Waals surface area contributed by atoms with Crippen LogP contribution in [0.25, 0.3) is 0 Å². The molecule has 0 atom stereocenters. The predicted molar refractivity (Wildman–Crippen MR) is 95.2 cm³/mol. The van der Waals surface area contributed by atoms with Crippen molar-refractivity contribution in [3.8, 4) is 0 Å². The Hall–Kier alpha value is -2.13. The lowest BCUT2D eigenvalue weighted by molar-refractivity contribution is -0.120. The molecule has 23 heavy (non-hydrogen) atoms. The van der Waals surface area contributed by atoms with Crippen molar-refractivity contribution in [2.45, 2.75) is 26.3 Å². The summed E-state index contributed by atoms with van der Waals surface area (Å²) in [6.45, 7) is 5.58. The van der Waals surface area contributed by atoms with Gasteiger partial charge in [-0.1, -0.05) is 74.5 Å². The van der Waals surface area contributed by atoms with Crippen LogP contribution in [0.1, 0.15) is 37.4 Å². The van der Waals surface area contributed by atoms with Gasteiger partial charge in [0.05, 0.1) is 12.6 Å². The summed E-state index contributed by atoms with van der Waals surface area (Å²) in [6, 6.07) is 20.0. The Kier molecular flexibility index (Phi) is 6.82. The third-order valence-corrected chi connectivity index (χ3v) is 3.76. The Balaban J connectivity index is 2.00. The first-order valence-corrected chi connectivity index (χ1v) is 8.27. The summed E-state index contributed by atoms with van der Waals surface area (Å²) in [7, 11) is 0. The van der Waals surface area contributed by atoms with Gasteiger partial charge < -0.3 is 10.6 Å². The molecule has 0 spiro atoms. The second-order valence-electron chi connectivity index (χ2n) is 6.18. The van der Waals surface area contributed by atoms with Gasteiger partial charge in [0.15, 0.2) is 0 Å². The van der Waals surface area contributed by atoms with E-state index in [4.69, 9.17) is 0 Å². The monoisotopic (exact) mass is 310 g/mol. The zero-order chi connectivity index (χ0) is 16.5. The van der Waals surface area contributed by atoms with E-state index in [1.54, 1.807) is 0 Å². The lowest BCUT2D eigenvalue weighted by Gasteiger charge is -2.20. The van der Waals surface area contributed by atoms with Crippen LogP contribution >= 0.6 is 0 Å². The fourth-order valence-corrected chi connectivity index (χ4v) is 2.45. The molecule has 2 N–H and O–H groups in total. The molecule has 0 fully saturated rings. The number of nitrogens with one attached hydrogen (secondary N) is 2. The topological polar surface area (TPSA) is 41.1 Å². The number of carbonyl (C=O) groups excluding carboxylic acids is 1. The molecule has 0 bridgehead atoms. The SMILES string of the molecule is CC(C)CCNCC(=O)NC(c1ccccc1)c1ccccc1. The van der Waals surface area contributed by atoms with Crippen molar-refractivity contribution in [1.82, 2.24) is 10.6 Å². The van der Waals surface area contributed by atoms with E-state index in [9.17, 15) is 4.79 Å². The number of benzene rings is 2. The minimum absolute atomic E-state index is 0.0199. The highest BCUT2D eigenvalue weighted by Gasteiger charge is 2.16. The minimum atomic E-state index is -0.114. The largest absolute Gasteiger partial charge is 0.344 e. The van der Waals surface area contributed by atoms with E-state index in [1.165, 1.54) is 0 Å². The molecular formula is C20H26N2O. The molecule has 0 aliphatic rings. The summed E-state index contributed by atoms with van der Waals surface area (Å²) >= 11 is 0. The Morgan fingerprint density at radius 2 is 1.43 bits per heavy atom. The molecule has 0 aliphatic carbocycles. The van der Waals surface area contributed by atoms with Crippen molar-refractivity contribution in [2.75, 3.05) is 13.1 Å². The van der Waals surface area contributed by atoms with Gasteiger partial charge in [-0.25, -0.2) is 0 Å². The van der Waals surface area contributed by atoms with Gasteiger partial charge in [-0.15, -0.1) is 0 Å². The molecule has 2 aromatic carbocycles. The van der Waals surface area contributed by atoms with E-state index >= 15 is 0 Å². The van der Waals surface area contributed by atoms with E-state index in [-0.39, 0.29) is 11.9 Å². The summed E-state index contributed by atoms with van der Waals surface area (Å²) in [5.74, 6) is 0.665. The highest BCUT2D eigenvalue weighted by Crippen LogP contribution is 2.21. The molecule has 2 aromatic rings. The van der Waals surface area contributed by atoms with Crippen LogP contribution in [-0.2, 0) is 4.79 Å². The van der Waals surface area contributed by atoms with Gasteiger partial charge in [0.2, 0.25) is 5.91 Å².